The van der Waals surface area contributed by atoms with Gasteiger partial charge in [-0.1, -0.05) is 0 Å². The lowest BCUT2D eigenvalue weighted by Gasteiger charge is -2.30. The van der Waals surface area contributed by atoms with Gasteiger partial charge >= 0.3 is 0 Å². The SMILES string of the molecule is CC(CN)(Nc1ccc([N+](=O)[O-])c(I)c1)C1CC1. The van der Waals surface area contributed by atoms with Crippen LogP contribution in [0.25, 0.3) is 0 Å². The van der Waals surface area contributed by atoms with Gasteiger partial charge in [0.15, 0.2) is 0 Å². The number of nitro groups is 1. The third-order valence-electron chi connectivity index (χ3n) is 3.48. The van der Waals surface area contributed by atoms with Crippen molar-refractivity contribution in [3.63, 3.8) is 0 Å². The molecule has 0 bridgehead atoms. The van der Waals surface area contributed by atoms with Crippen molar-refractivity contribution < 1.29 is 4.92 Å². The lowest BCUT2D eigenvalue weighted by atomic mass is 9.95. The summed E-state index contributed by atoms with van der Waals surface area (Å²) in [6.07, 6.45) is 2.40. The van der Waals surface area contributed by atoms with Crippen LogP contribution in [0.1, 0.15) is 19.8 Å². The summed E-state index contributed by atoms with van der Waals surface area (Å²) in [5.41, 5.74) is 6.76. The van der Waals surface area contributed by atoms with Gasteiger partial charge in [-0.05, 0) is 60.4 Å². The Balaban J connectivity index is 2.19. The number of nitrogens with two attached hydrogens (primary N) is 1. The molecule has 0 aliphatic heterocycles. The van der Waals surface area contributed by atoms with Gasteiger partial charge in [-0.2, -0.15) is 0 Å². The highest BCUT2D eigenvalue weighted by Crippen LogP contribution is 2.41. The molecule has 1 aromatic rings. The van der Waals surface area contributed by atoms with E-state index in [-0.39, 0.29) is 16.1 Å². The summed E-state index contributed by atoms with van der Waals surface area (Å²) in [4.78, 5) is 10.4. The third-order valence-corrected chi connectivity index (χ3v) is 4.34. The average molecular weight is 361 g/mol. The molecule has 6 heteroatoms. The molecule has 0 heterocycles. The van der Waals surface area contributed by atoms with Crippen molar-refractivity contribution in [2.45, 2.75) is 25.3 Å². The number of rotatable bonds is 5. The van der Waals surface area contributed by atoms with E-state index >= 15 is 0 Å². The Morgan fingerprint density at radius 1 is 1.61 bits per heavy atom. The van der Waals surface area contributed by atoms with Crippen LogP contribution >= 0.6 is 22.6 Å². The Bertz CT molecular complexity index is 476. The smallest absolute Gasteiger partial charge is 0.282 e. The van der Waals surface area contributed by atoms with Crippen molar-refractivity contribution in [2.24, 2.45) is 11.7 Å². The fraction of sp³-hybridized carbons (Fsp3) is 0.500. The molecule has 1 aliphatic carbocycles. The first-order valence-corrected chi connectivity index (χ1v) is 6.96. The van der Waals surface area contributed by atoms with Gasteiger partial charge in [0.2, 0.25) is 0 Å². The molecule has 0 radical (unpaired) electrons. The molecule has 0 saturated heterocycles. The van der Waals surface area contributed by atoms with Gasteiger partial charge in [0.25, 0.3) is 5.69 Å². The number of nitro benzene ring substituents is 1. The third kappa shape index (κ3) is 2.74. The molecule has 5 nitrogen and oxygen atoms in total. The van der Waals surface area contributed by atoms with Crippen LogP contribution in [0, 0.1) is 19.6 Å². The fourth-order valence-corrected chi connectivity index (χ4v) is 2.81. The van der Waals surface area contributed by atoms with Crippen LogP contribution in [0.5, 0.6) is 0 Å². The van der Waals surface area contributed by atoms with E-state index in [1.807, 2.05) is 22.6 Å². The molecule has 2 rings (SSSR count). The number of halogens is 1. The zero-order valence-electron chi connectivity index (χ0n) is 10.1. The second-order valence-corrected chi connectivity index (χ2v) is 6.11. The Kier molecular flexibility index (Phi) is 3.76. The first-order valence-electron chi connectivity index (χ1n) is 5.88. The summed E-state index contributed by atoms with van der Waals surface area (Å²) < 4.78 is 0.637. The zero-order valence-corrected chi connectivity index (χ0v) is 12.3. The quantitative estimate of drug-likeness (QED) is 0.480. The second-order valence-electron chi connectivity index (χ2n) is 4.94. The summed E-state index contributed by atoms with van der Waals surface area (Å²) in [5.74, 6) is 0.607. The van der Waals surface area contributed by atoms with E-state index in [2.05, 4.69) is 12.2 Å². The van der Waals surface area contributed by atoms with Crippen molar-refractivity contribution >= 4 is 34.0 Å². The van der Waals surface area contributed by atoms with Crippen molar-refractivity contribution in [1.29, 1.82) is 0 Å². The second kappa shape index (κ2) is 5.00. The summed E-state index contributed by atoms with van der Waals surface area (Å²) in [7, 11) is 0. The number of nitrogens with one attached hydrogen (secondary N) is 1. The van der Waals surface area contributed by atoms with Gasteiger partial charge in [0, 0.05) is 23.8 Å². The highest BCUT2D eigenvalue weighted by Gasteiger charge is 2.40. The topological polar surface area (TPSA) is 81.2 Å². The highest BCUT2D eigenvalue weighted by atomic mass is 127. The monoisotopic (exact) mass is 361 g/mol. The minimum Gasteiger partial charge on any atom is -0.378 e. The van der Waals surface area contributed by atoms with E-state index in [0.29, 0.717) is 16.0 Å². The molecule has 1 aliphatic rings. The van der Waals surface area contributed by atoms with E-state index in [1.165, 1.54) is 18.9 Å². The van der Waals surface area contributed by atoms with E-state index in [0.717, 1.165) is 5.69 Å². The molecule has 0 spiro atoms. The Labute approximate surface area is 119 Å². The van der Waals surface area contributed by atoms with Gasteiger partial charge in [0.05, 0.1) is 8.49 Å². The number of benzene rings is 1. The maximum absolute atomic E-state index is 10.8. The van der Waals surface area contributed by atoms with Crippen LogP contribution < -0.4 is 11.1 Å². The van der Waals surface area contributed by atoms with Crippen LogP contribution in [0.3, 0.4) is 0 Å². The normalized spacial score (nSPS) is 18.2. The van der Waals surface area contributed by atoms with Gasteiger partial charge < -0.3 is 11.1 Å². The van der Waals surface area contributed by atoms with E-state index in [1.54, 1.807) is 12.1 Å². The van der Waals surface area contributed by atoms with Crippen LogP contribution in [-0.4, -0.2) is 17.0 Å². The van der Waals surface area contributed by atoms with Gasteiger partial charge in [-0.15, -0.1) is 0 Å². The summed E-state index contributed by atoms with van der Waals surface area (Å²) in [6, 6.07) is 5.08. The summed E-state index contributed by atoms with van der Waals surface area (Å²) in [6.45, 7) is 2.67. The van der Waals surface area contributed by atoms with E-state index in [9.17, 15) is 10.1 Å². The van der Waals surface area contributed by atoms with E-state index in [4.69, 9.17) is 5.73 Å². The number of hydrogen-bond donors (Lipinski definition) is 2. The first-order chi connectivity index (χ1) is 8.46. The molecule has 1 aromatic carbocycles. The standard InChI is InChI=1S/C12H16IN3O2/c1-12(7-14,8-2-3-8)15-9-4-5-11(16(17)18)10(13)6-9/h4-6,8,15H,2-3,7,14H2,1H3. The minimum absolute atomic E-state index is 0.112. The Morgan fingerprint density at radius 2 is 2.28 bits per heavy atom. The maximum Gasteiger partial charge on any atom is 0.282 e. The average Bonchev–Trinajstić information content (AvgIpc) is 3.12. The maximum atomic E-state index is 10.8. The van der Waals surface area contributed by atoms with E-state index < -0.39 is 0 Å². The number of anilines is 1. The molecule has 0 amide bonds. The first kappa shape index (κ1) is 13.5. The molecule has 18 heavy (non-hydrogen) atoms. The summed E-state index contributed by atoms with van der Waals surface area (Å²) >= 11 is 1.98. The largest absolute Gasteiger partial charge is 0.378 e. The lowest BCUT2D eigenvalue weighted by Crippen LogP contribution is -2.44. The molecule has 1 saturated carbocycles. The van der Waals surface area contributed by atoms with Crippen molar-refractivity contribution in [3.8, 4) is 0 Å². The summed E-state index contributed by atoms with van der Waals surface area (Å²) in [5, 5.41) is 14.2. The Hall–Kier alpha value is -0.890. The molecular weight excluding hydrogens is 345 g/mol. The molecule has 0 aromatic heterocycles. The van der Waals surface area contributed by atoms with Crippen LogP contribution in [0.4, 0.5) is 11.4 Å². The van der Waals surface area contributed by atoms with Crippen molar-refractivity contribution in [3.05, 3.63) is 31.9 Å². The minimum atomic E-state index is -0.366. The lowest BCUT2D eigenvalue weighted by molar-refractivity contribution is -0.385. The molecule has 1 atom stereocenters. The van der Waals surface area contributed by atoms with Crippen LogP contribution in [-0.2, 0) is 0 Å². The fourth-order valence-electron chi connectivity index (χ4n) is 2.10. The van der Waals surface area contributed by atoms with Gasteiger partial charge in [-0.25, -0.2) is 0 Å². The van der Waals surface area contributed by atoms with Crippen LogP contribution in [0.2, 0.25) is 0 Å². The number of hydrogen-bond acceptors (Lipinski definition) is 4. The molecule has 1 fully saturated rings. The van der Waals surface area contributed by atoms with Gasteiger partial charge in [0.1, 0.15) is 0 Å². The molecule has 1 unspecified atom stereocenters. The number of nitrogens with zero attached hydrogens (tertiary/aromatic N) is 1. The van der Waals surface area contributed by atoms with Crippen LogP contribution in [0.15, 0.2) is 18.2 Å². The molecule has 3 N–H and O–H groups in total. The molecular formula is C12H16IN3O2. The highest BCUT2D eigenvalue weighted by molar-refractivity contribution is 14.1. The molecule has 98 valence electrons. The zero-order chi connectivity index (χ0) is 13.3. The predicted octanol–water partition coefficient (Wildman–Crippen LogP) is 2.74. The van der Waals surface area contributed by atoms with Crippen molar-refractivity contribution in [1.82, 2.24) is 0 Å². The Morgan fingerprint density at radius 3 is 2.72 bits per heavy atom. The van der Waals surface area contributed by atoms with Crippen molar-refractivity contribution in [2.75, 3.05) is 11.9 Å². The predicted molar refractivity (Wildman–Crippen MR) is 79.6 cm³/mol. The van der Waals surface area contributed by atoms with Gasteiger partial charge in [-0.3, -0.25) is 10.1 Å².